The van der Waals surface area contributed by atoms with Crippen molar-refractivity contribution in [3.63, 3.8) is 0 Å². The first kappa shape index (κ1) is 31.8. The fourth-order valence-electron chi connectivity index (χ4n) is 6.16. The number of benzene rings is 3. The van der Waals surface area contributed by atoms with Gasteiger partial charge < -0.3 is 19.4 Å². The van der Waals surface area contributed by atoms with Crippen LogP contribution in [0.4, 0.5) is 0 Å². The highest BCUT2D eigenvalue weighted by molar-refractivity contribution is 7.90. The van der Waals surface area contributed by atoms with Crippen molar-refractivity contribution in [3.05, 3.63) is 95.2 Å². The maximum atomic E-state index is 13.3. The first-order chi connectivity index (χ1) is 22.1. The van der Waals surface area contributed by atoms with Crippen molar-refractivity contribution in [1.29, 1.82) is 0 Å². The molecule has 4 aromatic rings. The summed E-state index contributed by atoms with van der Waals surface area (Å²) in [7, 11) is -1.55. The number of methoxy groups -OCH3 is 1. The molecule has 0 unspecified atom stereocenters. The largest absolute Gasteiger partial charge is 0.497 e. The quantitative estimate of drug-likeness (QED) is 0.289. The number of nitrogens with one attached hydrogen (secondary N) is 1. The number of piperidine rings is 1. The molecule has 242 valence electrons. The molecule has 1 N–H and O–H groups in total. The number of ether oxygens (including phenoxy) is 1. The number of fused-ring (bicyclic) bond motifs is 1. The Morgan fingerprint density at radius 2 is 1.43 bits per heavy atom. The van der Waals surface area contributed by atoms with E-state index in [0.717, 1.165) is 62.3 Å². The Morgan fingerprint density at radius 3 is 2.04 bits per heavy atom. The van der Waals surface area contributed by atoms with Crippen LogP contribution in [0.1, 0.15) is 44.9 Å². The number of carbonyl (C=O) groups excluding carboxylic acids is 2. The molecule has 11 heteroatoms. The SMILES string of the molecule is COc1ccc(CN2CCC(NC(=O)c3cc4cc(C(=O)N5CCN(Cc6ccc(S(C)(=O)=O)cc6)CC5)ccc4o3)CC2)cc1. The van der Waals surface area contributed by atoms with Gasteiger partial charge in [-0.05, 0) is 72.5 Å². The van der Waals surface area contributed by atoms with Gasteiger partial charge in [0.2, 0.25) is 0 Å². The summed E-state index contributed by atoms with van der Waals surface area (Å²) in [5.74, 6) is 0.814. The summed E-state index contributed by atoms with van der Waals surface area (Å²) < 4.78 is 34.6. The third-order valence-electron chi connectivity index (χ3n) is 8.89. The Hall–Kier alpha value is -4.19. The van der Waals surface area contributed by atoms with E-state index in [4.69, 9.17) is 9.15 Å². The molecular formula is C35H40N4O6S. The minimum atomic E-state index is -3.22. The summed E-state index contributed by atoms with van der Waals surface area (Å²) >= 11 is 0. The lowest BCUT2D eigenvalue weighted by molar-refractivity contribution is 0.0628. The Morgan fingerprint density at radius 1 is 0.826 bits per heavy atom. The minimum Gasteiger partial charge on any atom is -0.497 e. The van der Waals surface area contributed by atoms with E-state index in [1.807, 2.05) is 29.2 Å². The number of carbonyl (C=O) groups is 2. The second-order valence-corrected chi connectivity index (χ2v) is 14.2. The molecule has 0 bridgehead atoms. The summed E-state index contributed by atoms with van der Waals surface area (Å²) in [4.78, 5) is 33.2. The van der Waals surface area contributed by atoms with Crippen molar-refractivity contribution in [1.82, 2.24) is 20.0 Å². The number of sulfone groups is 1. The molecule has 1 aromatic heterocycles. The summed E-state index contributed by atoms with van der Waals surface area (Å²) in [6.45, 7) is 5.99. The van der Waals surface area contributed by atoms with Crippen LogP contribution in [0.2, 0.25) is 0 Å². The standard InChI is InChI=1S/C35H40N4O6S/c1-44-30-8-3-25(4-9-30)23-37-15-13-29(14-16-37)36-34(40)33-22-28-21-27(7-12-32(28)45-33)35(41)39-19-17-38(18-20-39)24-26-5-10-31(11-6-26)46(2,42)43/h3-12,21-22,29H,13-20,23-24H2,1-2H3,(H,36,40). The van der Waals surface area contributed by atoms with Crippen LogP contribution in [0.3, 0.4) is 0 Å². The molecule has 0 radical (unpaired) electrons. The van der Waals surface area contributed by atoms with E-state index in [-0.39, 0.29) is 23.6 Å². The molecule has 0 aliphatic carbocycles. The average molecular weight is 645 g/mol. The van der Waals surface area contributed by atoms with Crippen molar-refractivity contribution < 1.29 is 27.2 Å². The van der Waals surface area contributed by atoms with Crippen molar-refractivity contribution in [3.8, 4) is 5.75 Å². The molecule has 3 heterocycles. The van der Waals surface area contributed by atoms with Gasteiger partial charge >= 0.3 is 0 Å². The lowest BCUT2D eigenvalue weighted by Crippen LogP contribution is -2.48. The second kappa shape index (κ2) is 13.7. The second-order valence-electron chi connectivity index (χ2n) is 12.2. The minimum absolute atomic E-state index is 0.0485. The van der Waals surface area contributed by atoms with Gasteiger partial charge in [0.15, 0.2) is 15.6 Å². The number of hydrogen-bond acceptors (Lipinski definition) is 8. The van der Waals surface area contributed by atoms with Crippen LogP contribution in [0.25, 0.3) is 11.0 Å². The summed E-state index contributed by atoms with van der Waals surface area (Å²) in [5, 5.41) is 3.86. The Bertz CT molecular complexity index is 1790. The Labute approximate surface area is 269 Å². The lowest BCUT2D eigenvalue weighted by Gasteiger charge is -2.34. The molecule has 3 aromatic carbocycles. The first-order valence-electron chi connectivity index (χ1n) is 15.6. The highest BCUT2D eigenvalue weighted by Crippen LogP contribution is 2.23. The molecule has 2 aliphatic heterocycles. The fraction of sp³-hybridized carbons (Fsp3) is 0.371. The van der Waals surface area contributed by atoms with E-state index < -0.39 is 9.84 Å². The monoisotopic (exact) mass is 644 g/mol. The van der Waals surface area contributed by atoms with Crippen LogP contribution >= 0.6 is 0 Å². The van der Waals surface area contributed by atoms with E-state index in [1.54, 1.807) is 43.5 Å². The third kappa shape index (κ3) is 7.60. The Kier molecular flexibility index (Phi) is 9.44. The van der Waals surface area contributed by atoms with E-state index >= 15 is 0 Å². The lowest BCUT2D eigenvalue weighted by atomic mass is 10.0. The molecule has 2 saturated heterocycles. The maximum Gasteiger partial charge on any atom is 0.287 e. The maximum absolute atomic E-state index is 13.3. The van der Waals surface area contributed by atoms with Crippen LogP contribution in [-0.2, 0) is 22.9 Å². The highest BCUT2D eigenvalue weighted by Gasteiger charge is 2.25. The van der Waals surface area contributed by atoms with Crippen molar-refractivity contribution in [2.24, 2.45) is 0 Å². The first-order valence-corrected chi connectivity index (χ1v) is 17.5. The van der Waals surface area contributed by atoms with Gasteiger partial charge in [-0.25, -0.2) is 8.42 Å². The molecule has 2 amide bonds. The van der Waals surface area contributed by atoms with Crippen molar-refractivity contribution in [2.45, 2.75) is 36.9 Å². The molecule has 0 saturated carbocycles. The van der Waals surface area contributed by atoms with Gasteiger partial charge in [0.25, 0.3) is 11.8 Å². The van der Waals surface area contributed by atoms with Crippen LogP contribution in [0, 0.1) is 0 Å². The molecule has 0 atom stereocenters. The smallest absolute Gasteiger partial charge is 0.287 e. The zero-order chi connectivity index (χ0) is 32.3. The summed E-state index contributed by atoms with van der Waals surface area (Å²) in [5.41, 5.74) is 3.41. The number of rotatable bonds is 9. The van der Waals surface area contributed by atoms with E-state index in [2.05, 4.69) is 27.2 Å². The third-order valence-corrected chi connectivity index (χ3v) is 10.0. The van der Waals surface area contributed by atoms with Gasteiger partial charge in [-0.3, -0.25) is 19.4 Å². The molecule has 46 heavy (non-hydrogen) atoms. The normalized spacial score (nSPS) is 16.9. The van der Waals surface area contributed by atoms with Crippen LogP contribution in [0.5, 0.6) is 5.75 Å². The van der Waals surface area contributed by atoms with Crippen LogP contribution in [0.15, 0.2) is 82.1 Å². The number of nitrogens with zero attached hydrogens (tertiary/aromatic N) is 3. The van der Waals surface area contributed by atoms with Gasteiger partial charge in [-0.1, -0.05) is 24.3 Å². The zero-order valence-corrected chi connectivity index (χ0v) is 27.1. The zero-order valence-electron chi connectivity index (χ0n) is 26.3. The predicted molar refractivity (Wildman–Crippen MR) is 176 cm³/mol. The molecule has 2 fully saturated rings. The van der Waals surface area contributed by atoms with E-state index in [1.165, 1.54) is 11.8 Å². The number of furan rings is 1. The van der Waals surface area contributed by atoms with Crippen LogP contribution < -0.4 is 10.1 Å². The average Bonchev–Trinajstić information content (AvgIpc) is 3.50. The topological polar surface area (TPSA) is 112 Å². The van der Waals surface area contributed by atoms with Crippen molar-refractivity contribution in [2.75, 3.05) is 52.6 Å². The molecule has 10 nitrogen and oxygen atoms in total. The molecular weight excluding hydrogens is 604 g/mol. The summed E-state index contributed by atoms with van der Waals surface area (Å²) in [6, 6.07) is 22.2. The predicted octanol–water partition coefficient (Wildman–Crippen LogP) is 4.20. The van der Waals surface area contributed by atoms with Gasteiger partial charge in [-0.2, -0.15) is 0 Å². The van der Waals surface area contributed by atoms with Crippen LogP contribution in [-0.4, -0.2) is 93.6 Å². The number of hydrogen-bond donors (Lipinski definition) is 1. The molecule has 2 aliphatic rings. The Balaban J connectivity index is 0.986. The van der Waals surface area contributed by atoms with E-state index in [9.17, 15) is 18.0 Å². The van der Waals surface area contributed by atoms with Gasteiger partial charge in [0.05, 0.1) is 12.0 Å². The fourth-order valence-corrected chi connectivity index (χ4v) is 6.79. The molecule has 6 rings (SSSR count). The number of likely N-dealkylation sites (tertiary alicyclic amines) is 1. The highest BCUT2D eigenvalue weighted by atomic mass is 32.2. The molecule has 0 spiro atoms. The van der Waals surface area contributed by atoms with E-state index in [0.29, 0.717) is 35.7 Å². The van der Waals surface area contributed by atoms with Gasteiger partial charge in [0.1, 0.15) is 11.3 Å². The van der Waals surface area contributed by atoms with Gasteiger partial charge in [-0.15, -0.1) is 0 Å². The van der Waals surface area contributed by atoms with Crippen molar-refractivity contribution >= 4 is 32.6 Å². The number of amides is 2. The van der Waals surface area contributed by atoms with Gasteiger partial charge in [0, 0.05) is 75.6 Å². The summed E-state index contributed by atoms with van der Waals surface area (Å²) in [6.07, 6.45) is 2.93. The number of piperazine rings is 1.